The molecule has 32 heavy (non-hydrogen) atoms. The van der Waals surface area contributed by atoms with E-state index in [4.69, 9.17) is 14.3 Å². The highest BCUT2D eigenvalue weighted by molar-refractivity contribution is 5.92. The Balaban J connectivity index is 1.54. The van der Waals surface area contributed by atoms with Crippen LogP contribution in [0, 0.1) is 13.8 Å². The molecule has 3 aromatic carbocycles. The fourth-order valence-corrected chi connectivity index (χ4v) is 2.98. The van der Waals surface area contributed by atoms with E-state index in [1.807, 2.05) is 87.5 Å². The monoisotopic (exact) mass is 432 g/mol. The van der Waals surface area contributed by atoms with Gasteiger partial charge in [-0.05, 0) is 61.7 Å². The summed E-state index contributed by atoms with van der Waals surface area (Å²) in [5.74, 6) is 1.01. The van der Waals surface area contributed by atoms with E-state index in [1.54, 1.807) is 0 Å². The van der Waals surface area contributed by atoms with Crippen LogP contribution in [0.15, 0.2) is 71.9 Å². The van der Waals surface area contributed by atoms with Crippen LogP contribution in [0.1, 0.15) is 29.2 Å². The van der Waals surface area contributed by atoms with Crippen LogP contribution in [0.4, 0.5) is 5.69 Å². The Morgan fingerprint density at radius 2 is 1.78 bits per heavy atom. The number of nitrogens with zero attached hydrogens (tertiary/aromatic N) is 1. The Bertz CT molecular complexity index is 1060. The third kappa shape index (κ3) is 6.87. The third-order valence-electron chi connectivity index (χ3n) is 4.64. The van der Waals surface area contributed by atoms with Crippen LogP contribution in [-0.2, 0) is 16.2 Å². The van der Waals surface area contributed by atoms with Gasteiger partial charge < -0.3 is 19.6 Å². The molecule has 3 aromatic rings. The minimum Gasteiger partial charge on any atom is -0.490 e. The fourth-order valence-electron chi connectivity index (χ4n) is 2.98. The first kappa shape index (κ1) is 22.9. The SMILES string of the molecule is CCOc1cc(/C=N/OCC(=O)Nc2cc(C)ccc2C)ccc1OCc1ccccc1. The van der Waals surface area contributed by atoms with Crippen molar-refractivity contribution in [3.05, 3.63) is 89.0 Å². The average molecular weight is 433 g/mol. The van der Waals surface area contributed by atoms with Gasteiger partial charge >= 0.3 is 0 Å². The van der Waals surface area contributed by atoms with Crippen molar-refractivity contribution in [1.29, 1.82) is 0 Å². The van der Waals surface area contributed by atoms with Gasteiger partial charge in [-0.3, -0.25) is 4.79 Å². The van der Waals surface area contributed by atoms with Crippen molar-refractivity contribution in [2.24, 2.45) is 5.16 Å². The number of rotatable bonds is 10. The molecule has 166 valence electrons. The molecule has 0 aliphatic heterocycles. The molecule has 6 heteroatoms. The summed E-state index contributed by atoms with van der Waals surface area (Å²) in [5.41, 5.74) is 4.69. The van der Waals surface area contributed by atoms with Crippen LogP contribution in [0.2, 0.25) is 0 Å². The molecule has 0 radical (unpaired) electrons. The zero-order valence-electron chi connectivity index (χ0n) is 18.6. The van der Waals surface area contributed by atoms with Crippen LogP contribution in [0.5, 0.6) is 11.5 Å². The normalized spacial score (nSPS) is 10.7. The maximum Gasteiger partial charge on any atom is 0.265 e. The smallest absolute Gasteiger partial charge is 0.265 e. The first-order chi connectivity index (χ1) is 15.5. The average Bonchev–Trinajstić information content (AvgIpc) is 2.79. The van der Waals surface area contributed by atoms with Gasteiger partial charge in [-0.2, -0.15) is 0 Å². The van der Waals surface area contributed by atoms with E-state index in [0.717, 1.165) is 27.9 Å². The molecule has 1 N–H and O–H groups in total. The number of benzene rings is 3. The van der Waals surface area contributed by atoms with E-state index in [0.29, 0.717) is 24.7 Å². The Labute approximate surface area is 188 Å². The number of carbonyl (C=O) groups is 1. The minimum absolute atomic E-state index is 0.180. The second kappa shape index (κ2) is 11.6. The maximum atomic E-state index is 12.1. The van der Waals surface area contributed by atoms with Gasteiger partial charge in [-0.15, -0.1) is 0 Å². The predicted molar refractivity (Wildman–Crippen MR) is 126 cm³/mol. The molecule has 0 heterocycles. The van der Waals surface area contributed by atoms with Crippen molar-refractivity contribution in [2.45, 2.75) is 27.4 Å². The van der Waals surface area contributed by atoms with E-state index in [2.05, 4.69) is 10.5 Å². The Morgan fingerprint density at radius 3 is 2.56 bits per heavy atom. The molecule has 0 aliphatic rings. The second-order valence-electron chi connectivity index (χ2n) is 7.29. The van der Waals surface area contributed by atoms with Gasteiger partial charge in [-0.25, -0.2) is 0 Å². The second-order valence-corrected chi connectivity index (χ2v) is 7.29. The molecule has 0 saturated heterocycles. The predicted octanol–water partition coefficient (Wildman–Crippen LogP) is 5.27. The summed E-state index contributed by atoms with van der Waals surface area (Å²) in [4.78, 5) is 17.3. The highest BCUT2D eigenvalue weighted by Crippen LogP contribution is 2.29. The van der Waals surface area contributed by atoms with Gasteiger partial charge in [0.05, 0.1) is 12.8 Å². The standard InChI is InChI=1S/C26H28N2O4/c1-4-30-25-15-22(12-13-24(25)31-17-21-8-6-5-7-9-21)16-27-32-18-26(29)28-23-14-19(2)10-11-20(23)3/h5-16H,4,17-18H2,1-3H3,(H,28,29)/b27-16+. The summed E-state index contributed by atoms with van der Waals surface area (Å²) in [6.45, 7) is 6.62. The van der Waals surface area contributed by atoms with E-state index in [9.17, 15) is 4.79 Å². The van der Waals surface area contributed by atoms with Crippen LogP contribution in [0.25, 0.3) is 0 Å². The number of hydrogen-bond acceptors (Lipinski definition) is 5. The van der Waals surface area contributed by atoms with E-state index < -0.39 is 0 Å². The summed E-state index contributed by atoms with van der Waals surface area (Å²) in [5, 5.41) is 6.74. The molecule has 1 amide bonds. The Kier molecular flexibility index (Phi) is 8.26. The lowest BCUT2D eigenvalue weighted by Gasteiger charge is -2.12. The van der Waals surface area contributed by atoms with Crippen molar-refractivity contribution in [2.75, 3.05) is 18.5 Å². The summed E-state index contributed by atoms with van der Waals surface area (Å²) in [7, 11) is 0. The minimum atomic E-state index is -0.268. The highest BCUT2D eigenvalue weighted by atomic mass is 16.6. The number of nitrogens with one attached hydrogen (secondary N) is 1. The zero-order valence-corrected chi connectivity index (χ0v) is 18.6. The topological polar surface area (TPSA) is 69.2 Å². The van der Waals surface area contributed by atoms with Crippen LogP contribution >= 0.6 is 0 Å². The van der Waals surface area contributed by atoms with Crippen molar-refractivity contribution in [1.82, 2.24) is 0 Å². The van der Waals surface area contributed by atoms with Crippen LogP contribution < -0.4 is 14.8 Å². The molecule has 0 fully saturated rings. The molecular formula is C26H28N2O4. The lowest BCUT2D eigenvalue weighted by atomic mass is 10.1. The number of ether oxygens (including phenoxy) is 2. The van der Waals surface area contributed by atoms with Crippen LogP contribution in [-0.4, -0.2) is 25.3 Å². The van der Waals surface area contributed by atoms with Crippen LogP contribution in [0.3, 0.4) is 0 Å². The van der Waals surface area contributed by atoms with Gasteiger partial charge in [0.2, 0.25) is 0 Å². The highest BCUT2D eigenvalue weighted by Gasteiger charge is 2.08. The van der Waals surface area contributed by atoms with Gasteiger partial charge in [-0.1, -0.05) is 47.6 Å². The molecule has 0 aliphatic carbocycles. The zero-order chi connectivity index (χ0) is 22.8. The summed E-state index contributed by atoms with van der Waals surface area (Å²) < 4.78 is 11.6. The van der Waals surface area contributed by atoms with Gasteiger partial charge in [0, 0.05) is 11.3 Å². The molecule has 6 nitrogen and oxygen atoms in total. The maximum absolute atomic E-state index is 12.1. The molecule has 0 bridgehead atoms. The molecule has 0 unspecified atom stereocenters. The Hall–Kier alpha value is -3.80. The molecule has 3 rings (SSSR count). The lowest BCUT2D eigenvalue weighted by molar-refractivity contribution is -0.120. The van der Waals surface area contributed by atoms with Crippen molar-refractivity contribution < 1.29 is 19.1 Å². The summed E-state index contributed by atoms with van der Waals surface area (Å²) in [6, 6.07) is 21.3. The number of aryl methyl sites for hydroxylation is 2. The molecule has 0 saturated carbocycles. The van der Waals surface area contributed by atoms with Gasteiger partial charge in [0.25, 0.3) is 5.91 Å². The third-order valence-corrected chi connectivity index (χ3v) is 4.64. The first-order valence-corrected chi connectivity index (χ1v) is 10.5. The fraction of sp³-hybridized carbons (Fsp3) is 0.231. The summed E-state index contributed by atoms with van der Waals surface area (Å²) in [6.07, 6.45) is 1.54. The summed E-state index contributed by atoms with van der Waals surface area (Å²) >= 11 is 0. The lowest BCUT2D eigenvalue weighted by Crippen LogP contribution is -2.17. The number of hydrogen-bond donors (Lipinski definition) is 1. The number of carbonyl (C=O) groups excluding carboxylic acids is 1. The molecular weight excluding hydrogens is 404 g/mol. The van der Waals surface area contributed by atoms with Crippen molar-refractivity contribution in [3.8, 4) is 11.5 Å². The Morgan fingerprint density at radius 1 is 0.969 bits per heavy atom. The molecule has 0 atom stereocenters. The van der Waals surface area contributed by atoms with Gasteiger partial charge in [0.1, 0.15) is 6.61 Å². The van der Waals surface area contributed by atoms with E-state index in [1.165, 1.54) is 6.21 Å². The van der Waals surface area contributed by atoms with Crippen molar-refractivity contribution in [3.63, 3.8) is 0 Å². The molecule has 0 spiro atoms. The number of amides is 1. The van der Waals surface area contributed by atoms with E-state index >= 15 is 0 Å². The quantitative estimate of drug-likeness (QED) is 0.350. The largest absolute Gasteiger partial charge is 0.490 e. The molecule has 0 aromatic heterocycles. The number of oxime groups is 1. The first-order valence-electron chi connectivity index (χ1n) is 10.5. The van der Waals surface area contributed by atoms with Gasteiger partial charge in [0.15, 0.2) is 18.1 Å². The number of anilines is 1. The van der Waals surface area contributed by atoms with Crippen molar-refractivity contribution >= 4 is 17.8 Å². The van der Waals surface area contributed by atoms with E-state index in [-0.39, 0.29) is 12.5 Å².